The predicted octanol–water partition coefficient (Wildman–Crippen LogP) is 1.49. The molecule has 1 rings (SSSR count). The van der Waals surface area contributed by atoms with Gasteiger partial charge in [0.1, 0.15) is 6.33 Å². The molecule has 0 aliphatic carbocycles. The molecule has 0 aliphatic rings. The Kier molecular flexibility index (Phi) is 3.65. The summed E-state index contributed by atoms with van der Waals surface area (Å²) >= 11 is 3.24. The van der Waals surface area contributed by atoms with Crippen LogP contribution in [0.15, 0.2) is 12.4 Å². The molecule has 1 heterocycles. The molecule has 1 aromatic heterocycles. The van der Waals surface area contributed by atoms with Gasteiger partial charge in [-0.05, 0) is 0 Å². The lowest BCUT2D eigenvalue weighted by Gasteiger charge is -2.04. The van der Waals surface area contributed by atoms with Gasteiger partial charge in [0.2, 0.25) is 5.88 Å². The Hall–Kier alpha value is -1.15. The number of nitrogens with zero attached hydrogens (tertiary/aromatic N) is 3. The first-order valence-corrected chi connectivity index (χ1v) is 4.75. The number of methoxy groups -OCH3 is 1. The van der Waals surface area contributed by atoms with Crippen molar-refractivity contribution < 1.29 is 4.74 Å². The highest BCUT2D eigenvalue weighted by molar-refractivity contribution is 9.09. The van der Waals surface area contributed by atoms with Crippen LogP contribution in [-0.4, -0.2) is 22.4 Å². The van der Waals surface area contributed by atoms with E-state index in [-0.39, 0.29) is 5.92 Å². The second-order valence-corrected chi connectivity index (χ2v) is 2.97. The molecular formula is C8H8BrN3O. The lowest BCUT2D eigenvalue weighted by atomic mass is 10.1. The van der Waals surface area contributed by atoms with Crippen LogP contribution < -0.4 is 4.74 Å². The minimum atomic E-state index is -0.253. The van der Waals surface area contributed by atoms with E-state index in [1.54, 1.807) is 6.07 Å². The van der Waals surface area contributed by atoms with E-state index in [0.29, 0.717) is 16.9 Å². The Balaban J connectivity index is 2.94. The Labute approximate surface area is 84.7 Å². The van der Waals surface area contributed by atoms with Crippen LogP contribution in [0.3, 0.4) is 0 Å². The van der Waals surface area contributed by atoms with E-state index >= 15 is 0 Å². The van der Waals surface area contributed by atoms with Gasteiger partial charge in [0.05, 0.1) is 24.8 Å². The standard InChI is InChI=1S/C8H8BrN3O/c1-13-8-2-7(11-5-12-8)6(3-9)4-10/h2,5-6H,3H2,1H3. The quantitative estimate of drug-likeness (QED) is 0.753. The van der Waals surface area contributed by atoms with E-state index in [0.717, 1.165) is 0 Å². The molecule has 1 unspecified atom stereocenters. The van der Waals surface area contributed by atoms with Crippen LogP contribution in [-0.2, 0) is 0 Å². The van der Waals surface area contributed by atoms with Crippen molar-refractivity contribution in [2.24, 2.45) is 0 Å². The second-order valence-electron chi connectivity index (χ2n) is 2.32. The van der Waals surface area contributed by atoms with Gasteiger partial charge in [-0.1, -0.05) is 15.9 Å². The third kappa shape index (κ3) is 2.39. The minimum Gasteiger partial charge on any atom is -0.481 e. The molecule has 0 saturated heterocycles. The first-order valence-electron chi connectivity index (χ1n) is 3.63. The van der Waals surface area contributed by atoms with E-state index in [4.69, 9.17) is 10.00 Å². The van der Waals surface area contributed by atoms with E-state index in [9.17, 15) is 0 Å². The molecule has 1 aromatic rings. The van der Waals surface area contributed by atoms with Crippen LogP contribution in [0.25, 0.3) is 0 Å². The number of rotatable bonds is 3. The predicted molar refractivity (Wildman–Crippen MR) is 50.7 cm³/mol. The lowest BCUT2D eigenvalue weighted by molar-refractivity contribution is 0.395. The highest BCUT2D eigenvalue weighted by atomic mass is 79.9. The molecule has 68 valence electrons. The smallest absolute Gasteiger partial charge is 0.216 e. The molecule has 4 nitrogen and oxygen atoms in total. The largest absolute Gasteiger partial charge is 0.481 e. The molecule has 1 atom stereocenters. The fourth-order valence-corrected chi connectivity index (χ4v) is 1.31. The van der Waals surface area contributed by atoms with Gasteiger partial charge >= 0.3 is 0 Å². The molecule has 0 aromatic carbocycles. The Morgan fingerprint density at radius 1 is 1.69 bits per heavy atom. The number of alkyl halides is 1. The van der Waals surface area contributed by atoms with Crippen molar-refractivity contribution in [3.8, 4) is 11.9 Å². The van der Waals surface area contributed by atoms with Crippen LogP contribution in [0, 0.1) is 11.3 Å². The molecule has 0 N–H and O–H groups in total. The van der Waals surface area contributed by atoms with Gasteiger partial charge in [-0.3, -0.25) is 0 Å². The topological polar surface area (TPSA) is 58.8 Å². The van der Waals surface area contributed by atoms with Gasteiger partial charge in [-0.25, -0.2) is 9.97 Å². The molecule has 0 amide bonds. The number of ether oxygens (including phenoxy) is 1. The highest BCUT2D eigenvalue weighted by Crippen LogP contribution is 2.17. The normalized spacial score (nSPS) is 11.8. The summed E-state index contributed by atoms with van der Waals surface area (Å²) in [6.45, 7) is 0. The Morgan fingerprint density at radius 3 is 3.00 bits per heavy atom. The van der Waals surface area contributed by atoms with E-state index < -0.39 is 0 Å². The Morgan fingerprint density at radius 2 is 2.46 bits per heavy atom. The monoisotopic (exact) mass is 241 g/mol. The van der Waals surface area contributed by atoms with Gasteiger partial charge in [0, 0.05) is 11.4 Å². The molecule has 0 aliphatic heterocycles. The molecule has 0 fully saturated rings. The summed E-state index contributed by atoms with van der Waals surface area (Å²) < 4.78 is 4.92. The number of halogens is 1. The molecule has 0 bridgehead atoms. The molecule has 0 saturated carbocycles. The minimum absolute atomic E-state index is 0.253. The van der Waals surface area contributed by atoms with Gasteiger partial charge in [0.15, 0.2) is 0 Å². The number of nitriles is 1. The van der Waals surface area contributed by atoms with Crippen molar-refractivity contribution in [3.63, 3.8) is 0 Å². The summed E-state index contributed by atoms with van der Waals surface area (Å²) in [6, 6.07) is 3.79. The van der Waals surface area contributed by atoms with Crippen LogP contribution in [0.1, 0.15) is 11.6 Å². The van der Waals surface area contributed by atoms with Crippen molar-refractivity contribution in [1.82, 2.24) is 9.97 Å². The van der Waals surface area contributed by atoms with Crippen molar-refractivity contribution >= 4 is 15.9 Å². The third-order valence-corrected chi connectivity index (χ3v) is 2.19. The number of aromatic nitrogens is 2. The maximum atomic E-state index is 8.76. The van der Waals surface area contributed by atoms with Crippen molar-refractivity contribution in [2.45, 2.75) is 5.92 Å². The number of hydrogen-bond acceptors (Lipinski definition) is 4. The van der Waals surface area contributed by atoms with Gasteiger partial charge < -0.3 is 4.74 Å². The van der Waals surface area contributed by atoms with Gasteiger partial charge in [-0.15, -0.1) is 0 Å². The number of hydrogen-bond donors (Lipinski definition) is 0. The fraction of sp³-hybridized carbons (Fsp3) is 0.375. The zero-order valence-corrected chi connectivity index (χ0v) is 8.65. The molecule has 0 spiro atoms. The fourth-order valence-electron chi connectivity index (χ4n) is 0.835. The zero-order valence-electron chi connectivity index (χ0n) is 7.07. The van der Waals surface area contributed by atoms with E-state index in [2.05, 4.69) is 32.0 Å². The highest BCUT2D eigenvalue weighted by Gasteiger charge is 2.11. The van der Waals surface area contributed by atoms with Gasteiger partial charge in [-0.2, -0.15) is 5.26 Å². The molecular weight excluding hydrogens is 234 g/mol. The van der Waals surface area contributed by atoms with Crippen LogP contribution in [0.4, 0.5) is 0 Å². The summed E-state index contributed by atoms with van der Waals surface area (Å²) in [7, 11) is 1.53. The average Bonchev–Trinajstić information content (AvgIpc) is 2.20. The van der Waals surface area contributed by atoms with Crippen molar-refractivity contribution in [1.29, 1.82) is 5.26 Å². The maximum absolute atomic E-state index is 8.76. The van der Waals surface area contributed by atoms with E-state index in [1.807, 2.05) is 0 Å². The maximum Gasteiger partial charge on any atom is 0.216 e. The SMILES string of the molecule is COc1cc(C(C#N)CBr)ncn1. The first-order chi connectivity index (χ1) is 6.31. The third-order valence-electron chi connectivity index (χ3n) is 1.54. The van der Waals surface area contributed by atoms with Crippen LogP contribution in [0.5, 0.6) is 5.88 Å². The van der Waals surface area contributed by atoms with Crippen LogP contribution in [0.2, 0.25) is 0 Å². The first kappa shape index (κ1) is 9.93. The molecule has 13 heavy (non-hydrogen) atoms. The summed E-state index contributed by atoms with van der Waals surface area (Å²) in [5.41, 5.74) is 0.672. The summed E-state index contributed by atoms with van der Waals surface area (Å²) in [5, 5.41) is 9.32. The average molecular weight is 242 g/mol. The van der Waals surface area contributed by atoms with E-state index in [1.165, 1.54) is 13.4 Å². The summed E-state index contributed by atoms with van der Waals surface area (Å²) in [6.07, 6.45) is 1.39. The van der Waals surface area contributed by atoms with Crippen LogP contribution >= 0.6 is 15.9 Å². The van der Waals surface area contributed by atoms with Crippen molar-refractivity contribution in [2.75, 3.05) is 12.4 Å². The Bertz CT molecular complexity index is 323. The summed E-state index contributed by atoms with van der Waals surface area (Å²) in [4.78, 5) is 7.84. The second kappa shape index (κ2) is 4.77. The molecule has 5 heteroatoms. The zero-order chi connectivity index (χ0) is 9.68. The molecule has 0 radical (unpaired) electrons. The lowest BCUT2D eigenvalue weighted by Crippen LogP contribution is -2.01. The van der Waals surface area contributed by atoms with Crippen molar-refractivity contribution in [3.05, 3.63) is 18.1 Å². The van der Waals surface area contributed by atoms with Gasteiger partial charge in [0.25, 0.3) is 0 Å². The summed E-state index contributed by atoms with van der Waals surface area (Å²) in [5.74, 6) is 0.225.